The summed E-state index contributed by atoms with van der Waals surface area (Å²) in [4.78, 5) is 15.5. The second-order valence-corrected chi connectivity index (χ2v) is 4.95. The Morgan fingerprint density at radius 1 is 1.42 bits per heavy atom. The van der Waals surface area contributed by atoms with Crippen molar-refractivity contribution in [1.82, 2.24) is 15.2 Å². The molecule has 1 N–H and O–H groups in total. The summed E-state index contributed by atoms with van der Waals surface area (Å²) in [6.07, 6.45) is 0. The fourth-order valence-electron chi connectivity index (χ4n) is 1.37. The maximum absolute atomic E-state index is 11.2. The summed E-state index contributed by atoms with van der Waals surface area (Å²) in [6.45, 7) is 2.15. The van der Waals surface area contributed by atoms with E-state index in [9.17, 15) is 4.79 Å². The number of nitrogens with one attached hydrogen (secondary N) is 1. The third-order valence-corrected chi connectivity index (χ3v) is 3.28. The normalized spacial score (nSPS) is 10.4. The van der Waals surface area contributed by atoms with Gasteiger partial charge < -0.3 is 4.74 Å². The van der Waals surface area contributed by atoms with Gasteiger partial charge in [0, 0.05) is 10.6 Å². The first-order valence-electron chi connectivity index (χ1n) is 5.66. The van der Waals surface area contributed by atoms with E-state index in [1.165, 1.54) is 11.8 Å². The van der Waals surface area contributed by atoms with E-state index >= 15 is 0 Å². The molecule has 0 saturated carbocycles. The first-order chi connectivity index (χ1) is 9.19. The quantitative estimate of drug-likeness (QED) is 0.679. The van der Waals surface area contributed by atoms with Gasteiger partial charge in [-0.05, 0) is 31.2 Å². The number of esters is 1. The van der Waals surface area contributed by atoms with Gasteiger partial charge in [0.1, 0.15) is 0 Å². The first kappa shape index (κ1) is 13.9. The zero-order valence-corrected chi connectivity index (χ0v) is 11.8. The van der Waals surface area contributed by atoms with E-state index in [0.717, 1.165) is 5.56 Å². The number of hydrogen-bond donors (Lipinski definition) is 1. The van der Waals surface area contributed by atoms with Crippen LogP contribution in [-0.4, -0.2) is 33.5 Å². The van der Waals surface area contributed by atoms with Gasteiger partial charge in [-0.2, -0.15) is 0 Å². The molecule has 19 heavy (non-hydrogen) atoms. The molecule has 1 aromatic heterocycles. The lowest BCUT2D eigenvalue weighted by atomic mass is 10.2. The Kier molecular flexibility index (Phi) is 4.81. The van der Waals surface area contributed by atoms with Crippen molar-refractivity contribution >= 4 is 29.3 Å². The molecule has 0 unspecified atom stereocenters. The van der Waals surface area contributed by atoms with Crippen molar-refractivity contribution in [2.45, 2.75) is 12.1 Å². The number of carbonyl (C=O) groups is 1. The molecule has 5 nitrogen and oxygen atoms in total. The summed E-state index contributed by atoms with van der Waals surface area (Å²) in [5.41, 5.74) is 0.889. The van der Waals surface area contributed by atoms with Crippen molar-refractivity contribution in [3.63, 3.8) is 0 Å². The molecule has 0 atom stereocenters. The van der Waals surface area contributed by atoms with Crippen molar-refractivity contribution < 1.29 is 9.53 Å². The summed E-state index contributed by atoms with van der Waals surface area (Å²) in [6, 6.07) is 7.26. The van der Waals surface area contributed by atoms with Gasteiger partial charge >= 0.3 is 5.97 Å². The number of hydrogen-bond acceptors (Lipinski definition) is 5. The third-order valence-electron chi connectivity index (χ3n) is 2.21. The summed E-state index contributed by atoms with van der Waals surface area (Å²) >= 11 is 7.05. The number of rotatable bonds is 5. The van der Waals surface area contributed by atoms with Crippen molar-refractivity contribution in [3.05, 3.63) is 29.3 Å². The highest BCUT2D eigenvalue weighted by Gasteiger charge is 2.09. The molecule has 1 heterocycles. The molecule has 0 amide bonds. The molecule has 0 fully saturated rings. The average Bonchev–Trinajstić information content (AvgIpc) is 2.86. The van der Waals surface area contributed by atoms with Gasteiger partial charge in [-0.15, -0.1) is 5.10 Å². The van der Waals surface area contributed by atoms with Crippen LogP contribution in [0.25, 0.3) is 11.4 Å². The topological polar surface area (TPSA) is 67.9 Å². The van der Waals surface area contributed by atoms with Crippen LogP contribution in [0.4, 0.5) is 0 Å². The van der Waals surface area contributed by atoms with E-state index in [4.69, 9.17) is 16.3 Å². The minimum atomic E-state index is -0.273. The summed E-state index contributed by atoms with van der Waals surface area (Å²) < 4.78 is 4.83. The van der Waals surface area contributed by atoms with Gasteiger partial charge in [-0.25, -0.2) is 4.98 Å². The molecule has 2 aromatic rings. The number of ether oxygens (including phenoxy) is 1. The fraction of sp³-hybridized carbons (Fsp3) is 0.250. The van der Waals surface area contributed by atoms with Crippen molar-refractivity contribution in [3.8, 4) is 11.4 Å². The molecule has 7 heteroatoms. The molecule has 2 rings (SSSR count). The minimum Gasteiger partial charge on any atom is -0.465 e. The fourth-order valence-corrected chi connectivity index (χ4v) is 2.10. The van der Waals surface area contributed by atoms with Crippen molar-refractivity contribution in [2.75, 3.05) is 12.4 Å². The van der Waals surface area contributed by atoms with E-state index < -0.39 is 0 Å². The lowest BCUT2D eigenvalue weighted by Gasteiger charge is -1.98. The monoisotopic (exact) mass is 297 g/mol. The lowest BCUT2D eigenvalue weighted by molar-refractivity contribution is -0.139. The Balaban J connectivity index is 1.99. The smallest absolute Gasteiger partial charge is 0.316 e. The van der Waals surface area contributed by atoms with Gasteiger partial charge in [0.2, 0.25) is 5.16 Å². The third kappa shape index (κ3) is 3.97. The average molecular weight is 298 g/mol. The van der Waals surface area contributed by atoms with Crippen molar-refractivity contribution in [2.24, 2.45) is 0 Å². The zero-order chi connectivity index (χ0) is 13.7. The van der Waals surface area contributed by atoms with Gasteiger partial charge in [0.15, 0.2) is 5.82 Å². The molecule has 0 radical (unpaired) electrons. The highest BCUT2D eigenvalue weighted by atomic mass is 35.5. The Bertz CT molecular complexity index is 556. The number of H-pyrrole nitrogens is 1. The predicted octanol–water partition coefficient (Wildman–Crippen LogP) is 2.78. The maximum Gasteiger partial charge on any atom is 0.316 e. The number of halogens is 1. The molecule has 0 spiro atoms. The second kappa shape index (κ2) is 6.58. The van der Waals surface area contributed by atoms with Crippen LogP contribution in [0, 0.1) is 0 Å². The summed E-state index contributed by atoms with van der Waals surface area (Å²) in [5.74, 6) is 0.569. The Morgan fingerprint density at radius 3 is 2.84 bits per heavy atom. The van der Waals surface area contributed by atoms with Gasteiger partial charge in [0.25, 0.3) is 0 Å². The standard InChI is InChI=1S/C12H12ClN3O2S/c1-2-18-10(17)7-19-12-14-11(15-16-12)8-3-5-9(13)6-4-8/h3-6H,2,7H2,1H3,(H,14,15,16). The van der Waals surface area contributed by atoms with E-state index in [-0.39, 0.29) is 11.7 Å². The lowest BCUT2D eigenvalue weighted by Crippen LogP contribution is -2.06. The van der Waals surface area contributed by atoms with Crippen LogP contribution in [0.1, 0.15) is 6.92 Å². The first-order valence-corrected chi connectivity index (χ1v) is 7.02. The Morgan fingerprint density at radius 2 is 2.16 bits per heavy atom. The van der Waals surface area contributed by atoms with Gasteiger partial charge in [-0.1, -0.05) is 23.4 Å². The molecular formula is C12H12ClN3O2S. The number of nitrogens with zero attached hydrogens (tertiary/aromatic N) is 2. The molecule has 0 aliphatic carbocycles. The SMILES string of the molecule is CCOC(=O)CSc1n[nH]c(-c2ccc(Cl)cc2)n1. The van der Waals surface area contributed by atoms with Crippen LogP contribution in [0.2, 0.25) is 5.02 Å². The molecule has 0 bridgehead atoms. The Hall–Kier alpha value is -1.53. The van der Waals surface area contributed by atoms with E-state index in [0.29, 0.717) is 22.6 Å². The maximum atomic E-state index is 11.2. The zero-order valence-electron chi connectivity index (χ0n) is 10.2. The van der Waals surface area contributed by atoms with Crippen LogP contribution in [-0.2, 0) is 9.53 Å². The van der Waals surface area contributed by atoms with Crippen LogP contribution in [0.3, 0.4) is 0 Å². The van der Waals surface area contributed by atoms with Crippen LogP contribution in [0.5, 0.6) is 0 Å². The number of thioether (sulfide) groups is 1. The number of aromatic amines is 1. The molecule has 100 valence electrons. The van der Waals surface area contributed by atoms with Crippen LogP contribution in [0.15, 0.2) is 29.4 Å². The minimum absolute atomic E-state index is 0.200. The molecule has 0 saturated heterocycles. The Labute approximate surface area is 119 Å². The van der Waals surface area contributed by atoms with Gasteiger partial charge in [0.05, 0.1) is 12.4 Å². The highest BCUT2D eigenvalue weighted by molar-refractivity contribution is 7.99. The molecule has 1 aromatic carbocycles. The highest BCUT2D eigenvalue weighted by Crippen LogP contribution is 2.20. The number of aromatic nitrogens is 3. The van der Waals surface area contributed by atoms with E-state index in [1.54, 1.807) is 19.1 Å². The molecular weight excluding hydrogens is 286 g/mol. The second-order valence-electron chi connectivity index (χ2n) is 3.57. The predicted molar refractivity (Wildman–Crippen MR) is 74.2 cm³/mol. The number of benzene rings is 1. The van der Waals surface area contributed by atoms with Crippen molar-refractivity contribution in [1.29, 1.82) is 0 Å². The molecule has 0 aliphatic heterocycles. The largest absolute Gasteiger partial charge is 0.465 e. The number of carbonyl (C=O) groups excluding carboxylic acids is 1. The summed E-state index contributed by atoms with van der Waals surface area (Å²) in [7, 11) is 0. The van der Waals surface area contributed by atoms with Crippen LogP contribution < -0.4 is 0 Å². The van der Waals surface area contributed by atoms with E-state index in [1.807, 2.05) is 12.1 Å². The van der Waals surface area contributed by atoms with Gasteiger partial charge in [-0.3, -0.25) is 9.89 Å². The van der Waals surface area contributed by atoms with Crippen LogP contribution >= 0.6 is 23.4 Å². The summed E-state index contributed by atoms with van der Waals surface area (Å²) in [5, 5.41) is 8.03. The molecule has 0 aliphatic rings. The van der Waals surface area contributed by atoms with E-state index in [2.05, 4.69) is 15.2 Å².